The lowest BCUT2D eigenvalue weighted by atomic mass is 9.95. The summed E-state index contributed by atoms with van der Waals surface area (Å²) in [5, 5.41) is 14.7. The van der Waals surface area contributed by atoms with E-state index in [9.17, 15) is 14.9 Å². The van der Waals surface area contributed by atoms with Gasteiger partial charge < -0.3 is 19.7 Å². The van der Waals surface area contributed by atoms with Crippen molar-refractivity contribution in [3.63, 3.8) is 0 Å². The van der Waals surface area contributed by atoms with E-state index >= 15 is 0 Å². The Morgan fingerprint density at radius 2 is 1.82 bits per heavy atom. The smallest absolute Gasteiger partial charge is 0.293 e. The molecular formula is C20H27N3O5. The molecule has 0 aromatic heterocycles. The van der Waals surface area contributed by atoms with Gasteiger partial charge in [-0.15, -0.1) is 0 Å². The van der Waals surface area contributed by atoms with Crippen LogP contribution in [0.4, 0.5) is 11.4 Å². The van der Waals surface area contributed by atoms with Gasteiger partial charge in [0.2, 0.25) is 0 Å². The standard InChI is InChI=1S/C20H27N3O5/c24-19(21-16-4-2-1-3-5-16)15-6-7-17(18(14-15)23(25)26)22-10-8-20(9-11-22)27-12-13-28-20/h6-7,14,16H,1-5,8-13H2,(H,21,24). The first-order chi connectivity index (χ1) is 13.6. The number of nitro benzene ring substituents is 1. The van der Waals surface area contributed by atoms with Crippen LogP contribution in [0, 0.1) is 10.1 Å². The molecule has 2 heterocycles. The molecule has 1 saturated carbocycles. The zero-order valence-electron chi connectivity index (χ0n) is 16.0. The number of nitrogens with zero attached hydrogens (tertiary/aromatic N) is 2. The molecule has 0 bridgehead atoms. The molecule has 4 rings (SSSR count). The van der Waals surface area contributed by atoms with Gasteiger partial charge in [-0.25, -0.2) is 0 Å². The molecule has 0 unspecified atom stereocenters. The lowest BCUT2D eigenvalue weighted by Crippen LogP contribution is -2.45. The SMILES string of the molecule is O=C(NC1CCCCC1)c1ccc(N2CCC3(CC2)OCCO3)c([N+](=O)[O-])c1. The first-order valence-corrected chi connectivity index (χ1v) is 10.2. The lowest BCUT2D eigenvalue weighted by molar-refractivity contribution is -0.384. The minimum absolute atomic E-state index is 0.0273. The third-order valence-corrected chi connectivity index (χ3v) is 6.05. The van der Waals surface area contributed by atoms with Crippen molar-refractivity contribution in [2.45, 2.75) is 56.8 Å². The van der Waals surface area contributed by atoms with Crippen LogP contribution >= 0.6 is 0 Å². The summed E-state index contributed by atoms with van der Waals surface area (Å²) < 4.78 is 11.5. The largest absolute Gasteiger partial charge is 0.366 e. The first-order valence-electron chi connectivity index (χ1n) is 10.2. The minimum atomic E-state index is -0.523. The van der Waals surface area contributed by atoms with Crippen molar-refractivity contribution in [1.82, 2.24) is 5.32 Å². The molecule has 2 saturated heterocycles. The van der Waals surface area contributed by atoms with E-state index in [-0.39, 0.29) is 17.6 Å². The molecule has 8 nitrogen and oxygen atoms in total. The number of ether oxygens (including phenoxy) is 2. The van der Waals surface area contributed by atoms with Crippen LogP contribution in [0.25, 0.3) is 0 Å². The summed E-state index contributed by atoms with van der Waals surface area (Å²) in [6, 6.07) is 4.96. The van der Waals surface area contributed by atoms with Crippen LogP contribution in [-0.2, 0) is 9.47 Å². The van der Waals surface area contributed by atoms with Crippen molar-refractivity contribution >= 4 is 17.3 Å². The summed E-state index contributed by atoms with van der Waals surface area (Å²) in [5.74, 6) is -0.752. The van der Waals surface area contributed by atoms with E-state index in [1.54, 1.807) is 12.1 Å². The third-order valence-electron chi connectivity index (χ3n) is 6.05. The number of anilines is 1. The Balaban J connectivity index is 1.47. The average molecular weight is 389 g/mol. The van der Waals surface area contributed by atoms with Gasteiger partial charge in [0.15, 0.2) is 5.79 Å². The van der Waals surface area contributed by atoms with Gasteiger partial charge in [0.05, 0.1) is 18.1 Å². The Kier molecular flexibility index (Phi) is 5.50. The van der Waals surface area contributed by atoms with Crippen molar-refractivity contribution in [2.75, 3.05) is 31.2 Å². The van der Waals surface area contributed by atoms with Gasteiger partial charge in [0, 0.05) is 43.6 Å². The monoisotopic (exact) mass is 389 g/mol. The van der Waals surface area contributed by atoms with E-state index in [0.717, 1.165) is 25.7 Å². The molecule has 3 fully saturated rings. The van der Waals surface area contributed by atoms with Crippen LogP contribution in [-0.4, -0.2) is 49.0 Å². The zero-order chi connectivity index (χ0) is 19.6. The van der Waals surface area contributed by atoms with Crippen LogP contribution in [0.3, 0.4) is 0 Å². The Morgan fingerprint density at radius 1 is 1.14 bits per heavy atom. The van der Waals surface area contributed by atoms with Crippen molar-refractivity contribution in [1.29, 1.82) is 0 Å². The molecule has 2 aliphatic heterocycles. The molecular weight excluding hydrogens is 362 g/mol. The summed E-state index contributed by atoms with van der Waals surface area (Å²) in [7, 11) is 0. The number of hydrogen-bond donors (Lipinski definition) is 1. The number of nitro groups is 1. The number of piperidine rings is 1. The second-order valence-corrected chi connectivity index (χ2v) is 7.86. The van der Waals surface area contributed by atoms with Gasteiger partial charge in [-0.05, 0) is 25.0 Å². The fourth-order valence-electron chi connectivity index (χ4n) is 4.47. The second kappa shape index (κ2) is 8.05. The van der Waals surface area contributed by atoms with Crippen molar-refractivity contribution in [3.8, 4) is 0 Å². The molecule has 1 amide bonds. The second-order valence-electron chi connectivity index (χ2n) is 7.86. The normalized spacial score (nSPS) is 22.4. The highest BCUT2D eigenvalue weighted by atomic mass is 16.7. The predicted molar refractivity (Wildman–Crippen MR) is 104 cm³/mol. The topological polar surface area (TPSA) is 93.9 Å². The molecule has 8 heteroatoms. The fraction of sp³-hybridized carbons (Fsp3) is 0.650. The number of hydrogen-bond acceptors (Lipinski definition) is 6. The molecule has 1 aromatic carbocycles. The summed E-state index contributed by atoms with van der Waals surface area (Å²) in [4.78, 5) is 25.8. The number of carbonyl (C=O) groups excluding carboxylic acids is 1. The van der Waals surface area contributed by atoms with Gasteiger partial charge in [0.1, 0.15) is 5.69 Å². The number of rotatable bonds is 4. The van der Waals surface area contributed by atoms with E-state index in [1.807, 2.05) is 4.90 Å². The molecule has 28 heavy (non-hydrogen) atoms. The molecule has 152 valence electrons. The first kappa shape index (κ1) is 19.1. The number of benzene rings is 1. The van der Waals surface area contributed by atoms with E-state index in [0.29, 0.717) is 50.4 Å². The number of amides is 1. The number of nitrogens with one attached hydrogen (secondary N) is 1. The fourth-order valence-corrected chi connectivity index (χ4v) is 4.47. The van der Waals surface area contributed by atoms with Crippen molar-refractivity contribution < 1.29 is 19.2 Å². The molecule has 0 atom stereocenters. The molecule has 0 radical (unpaired) electrons. The Labute approximate surface area is 164 Å². The highest BCUT2D eigenvalue weighted by Gasteiger charge is 2.40. The average Bonchev–Trinajstić information content (AvgIpc) is 3.17. The molecule has 1 spiro atoms. The molecule has 1 N–H and O–H groups in total. The summed E-state index contributed by atoms with van der Waals surface area (Å²) in [6.45, 7) is 2.44. The molecule has 1 aliphatic carbocycles. The van der Waals surface area contributed by atoms with E-state index in [1.165, 1.54) is 12.5 Å². The van der Waals surface area contributed by atoms with E-state index in [2.05, 4.69) is 5.32 Å². The highest BCUT2D eigenvalue weighted by Crippen LogP contribution is 2.36. The van der Waals surface area contributed by atoms with E-state index in [4.69, 9.17) is 9.47 Å². The van der Waals surface area contributed by atoms with Crippen LogP contribution < -0.4 is 10.2 Å². The van der Waals surface area contributed by atoms with Gasteiger partial charge in [0.25, 0.3) is 11.6 Å². The van der Waals surface area contributed by atoms with E-state index < -0.39 is 10.7 Å². The van der Waals surface area contributed by atoms with Gasteiger partial charge in [-0.2, -0.15) is 0 Å². The van der Waals surface area contributed by atoms with Crippen molar-refractivity contribution in [2.24, 2.45) is 0 Å². The highest BCUT2D eigenvalue weighted by molar-refractivity contribution is 5.96. The minimum Gasteiger partial charge on any atom is -0.366 e. The van der Waals surface area contributed by atoms with Crippen LogP contribution in [0.15, 0.2) is 18.2 Å². The summed E-state index contributed by atoms with van der Waals surface area (Å²) >= 11 is 0. The number of carbonyl (C=O) groups is 1. The predicted octanol–water partition coefficient (Wildman–Crippen LogP) is 3.00. The van der Waals surface area contributed by atoms with Crippen LogP contribution in [0.5, 0.6) is 0 Å². The maximum absolute atomic E-state index is 12.6. The van der Waals surface area contributed by atoms with Crippen LogP contribution in [0.1, 0.15) is 55.3 Å². The maximum Gasteiger partial charge on any atom is 0.293 e. The van der Waals surface area contributed by atoms with Crippen LogP contribution in [0.2, 0.25) is 0 Å². The Hall–Kier alpha value is -2.19. The lowest BCUT2D eigenvalue weighted by Gasteiger charge is -2.38. The van der Waals surface area contributed by atoms with Gasteiger partial charge >= 0.3 is 0 Å². The summed E-state index contributed by atoms with van der Waals surface area (Å²) in [6.07, 6.45) is 6.75. The molecule has 3 aliphatic rings. The Morgan fingerprint density at radius 3 is 2.46 bits per heavy atom. The van der Waals surface area contributed by atoms with Crippen molar-refractivity contribution in [3.05, 3.63) is 33.9 Å². The maximum atomic E-state index is 12.6. The quantitative estimate of drug-likeness (QED) is 0.628. The van der Waals surface area contributed by atoms with Gasteiger partial charge in [-0.1, -0.05) is 19.3 Å². The molecule has 1 aromatic rings. The Bertz CT molecular complexity index is 731. The summed E-state index contributed by atoms with van der Waals surface area (Å²) in [5.41, 5.74) is 0.865. The third kappa shape index (κ3) is 3.98. The zero-order valence-corrected chi connectivity index (χ0v) is 16.0. The van der Waals surface area contributed by atoms with Gasteiger partial charge in [-0.3, -0.25) is 14.9 Å².